The van der Waals surface area contributed by atoms with E-state index < -0.39 is 0 Å². The normalized spacial score (nSPS) is 26.7. The Labute approximate surface area is 117 Å². The zero-order valence-corrected chi connectivity index (χ0v) is 12.6. The highest BCUT2D eigenvalue weighted by atomic mass is 16.1. The van der Waals surface area contributed by atoms with Crippen LogP contribution in [0.25, 0.3) is 0 Å². The molecule has 1 aliphatic carbocycles. The fraction of sp³-hybridized carbons (Fsp3) is 0.938. The molecule has 3 nitrogen and oxygen atoms in total. The molecule has 19 heavy (non-hydrogen) atoms. The molecule has 2 N–H and O–H groups in total. The third kappa shape index (κ3) is 3.71. The average Bonchev–Trinajstić information content (AvgIpc) is 2.38. The first-order valence-electron chi connectivity index (χ1n) is 8.24. The molecular weight excluding hydrogens is 236 g/mol. The van der Waals surface area contributed by atoms with Crippen molar-refractivity contribution in [2.24, 2.45) is 5.92 Å². The summed E-state index contributed by atoms with van der Waals surface area (Å²) in [5, 5.41) is 6.98. The van der Waals surface area contributed by atoms with Gasteiger partial charge in [0.25, 0.3) is 0 Å². The van der Waals surface area contributed by atoms with Crippen molar-refractivity contribution in [3.8, 4) is 0 Å². The predicted molar refractivity (Wildman–Crippen MR) is 79.1 cm³/mol. The summed E-state index contributed by atoms with van der Waals surface area (Å²) in [7, 11) is 0. The minimum Gasteiger partial charge on any atom is -0.353 e. The Balaban J connectivity index is 1.80. The Morgan fingerprint density at radius 2 is 2.21 bits per heavy atom. The zero-order valence-electron chi connectivity index (χ0n) is 12.6. The van der Waals surface area contributed by atoms with Crippen molar-refractivity contribution < 1.29 is 4.79 Å². The van der Waals surface area contributed by atoms with Crippen LogP contribution in [0.1, 0.15) is 71.6 Å². The van der Waals surface area contributed by atoms with Crippen LogP contribution in [-0.2, 0) is 4.79 Å². The smallest absolute Gasteiger partial charge is 0.223 e. The van der Waals surface area contributed by atoms with Crippen LogP contribution in [0.4, 0.5) is 0 Å². The summed E-state index contributed by atoms with van der Waals surface area (Å²) in [5.41, 5.74) is 0.376. The Hall–Kier alpha value is -0.570. The number of amides is 1. The molecule has 110 valence electrons. The molecular formula is C16H30N2O. The van der Waals surface area contributed by atoms with Crippen molar-refractivity contribution in [3.05, 3.63) is 0 Å². The van der Waals surface area contributed by atoms with Crippen molar-refractivity contribution in [2.45, 2.75) is 83.2 Å². The highest BCUT2D eigenvalue weighted by Gasteiger charge is 2.41. The molecule has 1 saturated carbocycles. The molecule has 2 fully saturated rings. The van der Waals surface area contributed by atoms with Crippen molar-refractivity contribution in [1.29, 1.82) is 0 Å². The van der Waals surface area contributed by atoms with Gasteiger partial charge >= 0.3 is 0 Å². The van der Waals surface area contributed by atoms with E-state index in [1.165, 1.54) is 32.1 Å². The molecule has 2 aliphatic rings. The molecule has 3 heteroatoms. The first-order valence-corrected chi connectivity index (χ1v) is 8.24. The van der Waals surface area contributed by atoms with Gasteiger partial charge in [-0.05, 0) is 51.5 Å². The standard InChI is InChI=1S/C16H30N2O/c1-3-5-7-13(4-2)15(19)18-14-8-11-17-16(12-14)9-6-10-16/h13-14,17H,3-12H2,1-2H3,(H,18,19). The van der Waals surface area contributed by atoms with E-state index in [1.807, 2.05) is 0 Å². The highest BCUT2D eigenvalue weighted by molar-refractivity contribution is 5.78. The molecule has 1 amide bonds. The van der Waals surface area contributed by atoms with Crippen LogP contribution in [-0.4, -0.2) is 24.0 Å². The van der Waals surface area contributed by atoms with Gasteiger partial charge in [0.15, 0.2) is 0 Å². The molecule has 1 spiro atoms. The van der Waals surface area contributed by atoms with E-state index in [2.05, 4.69) is 24.5 Å². The SMILES string of the molecule is CCCCC(CC)C(=O)NC1CCNC2(CCC2)C1. The molecule has 2 rings (SSSR count). The van der Waals surface area contributed by atoms with Crippen molar-refractivity contribution >= 4 is 5.91 Å². The molecule has 1 aliphatic heterocycles. The van der Waals surface area contributed by atoms with Gasteiger partial charge in [-0.1, -0.05) is 26.7 Å². The number of hydrogen-bond donors (Lipinski definition) is 2. The summed E-state index contributed by atoms with van der Waals surface area (Å²) in [4.78, 5) is 12.3. The van der Waals surface area contributed by atoms with E-state index >= 15 is 0 Å². The van der Waals surface area contributed by atoms with Gasteiger partial charge < -0.3 is 10.6 Å². The van der Waals surface area contributed by atoms with Crippen LogP contribution in [0.3, 0.4) is 0 Å². The lowest BCUT2D eigenvalue weighted by Gasteiger charge is -2.48. The zero-order chi connectivity index (χ0) is 13.7. The summed E-state index contributed by atoms with van der Waals surface area (Å²) < 4.78 is 0. The molecule has 2 atom stereocenters. The van der Waals surface area contributed by atoms with Crippen LogP contribution in [0, 0.1) is 5.92 Å². The topological polar surface area (TPSA) is 41.1 Å². The summed E-state index contributed by atoms with van der Waals surface area (Å²) in [6.07, 6.45) is 10.6. The highest BCUT2D eigenvalue weighted by Crippen LogP contribution is 2.38. The summed E-state index contributed by atoms with van der Waals surface area (Å²) >= 11 is 0. The Morgan fingerprint density at radius 3 is 2.79 bits per heavy atom. The van der Waals surface area contributed by atoms with Crippen LogP contribution in [0.2, 0.25) is 0 Å². The molecule has 0 bridgehead atoms. The number of nitrogens with one attached hydrogen (secondary N) is 2. The van der Waals surface area contributed by atoms with Gasteiger partial charge in [-0.3, -0.25) is 4.79 Å². The molecule has 1 heterocycles. The minimum atomic E-state index is 0.229. The first-order chi connectivity index (χ1) is 9.19. The first kappa shape index (κ1) is 14.8. The van der Waals surface area contributed by atoms with Crippen molar-refractivity contribution in [2.75, 3.05) is 6.54 Å². The predicted octanol–water partition coefficient (Wildman–Crippen LogP) is 2.99. The summed E-state index contributed by atoms with van der Waals surface area (Å²) in [6.45, 7) is 5.39. The lowest BCUT2D eigenvalue weighted by atomic mass is 9.70. The Bertz CT molecular complexity index is 299. The number of rotatable bonds is 6. The van der Waals surface area contributed by atoms with Gasteiger partial charge in [0, 0.05) is 17.5 Å². The van der Waals surface area contributed by atoms with Gasteiger partial charge in [0.2, 0.25) is 5.91 Å². The number of carbonyl (C=O) groups is 1. The number of unbranched alkanes of at least 4 members (excludes halogenated alkanes) is 1. The fourth-order valence-electron chi connectivity index (χ4n) is 3.56. The van der Waals surface area contributed by atoms with Crippen molar-refractivity contribution in [3.63, 3.8) is 0 Å². The number of carbonyl (C=O) groups excluding carboxylic acids is 1. The maximum Gasteiger partial charge on any atom is 0.223 e. The molecule has 0 aromatic carbocycles. The van der Waals surface area contributed by atoms with Crippen LogP contribution in [0.5, 0.6) is 0 Å². The van der Waals surface area contributed by atoms with Gasteiger partial charge in [-0.15, -0.1) is 0 Å². The lowest BCUT2D eigenvalue weighted by molar-refractivity contribution is -0.126. The van der Waals surface area contributed by atoms with Gasteiger partial charge in [0.05, 0.1) is 0 Å². The Morgan fingerprint density at radius 1 is 1.42 bits per heavy atom. The van der Waals surface area contributed by atoms with Crippen molar-refractivity contribution in [1.82, 2.24) is 10.6 Å². The third-order valence-corrected chi connectivity index (χ3v) is 5.06. The summed E-state index contributed by atoms with van der Waals surface area (Å²) in [5.74, 6) is 0.532. The van der Waals surface area contributed by atoms with E-state index in [9.17, 15) is 4.79 Å². The van der Waals surface area contributed by atoms with Gasteiger partial charge in [0.1, 0.15) is 0 Å². The molecule has 2 unspecified atom stereocenters. The monoisotopic (exact) mass is 266 g/mol. The molecule has 0 aromatic heterocycles. The largest absolute Gasteiger partial charge is 0.353 e. The maximum absolute atomic E-state index is 12.3. The number of hydrogen-bond acceptors (Lipinski definition) is 2. The lowest BCUT2D eigenvalue weighted by Crippen LogP contribution is -2.60. The second kappa shape index (κ2) is 6.74. The van der Waals surface area contributed by atoms with Gasteiger partial charge in [-0.25, -0.2) is 0 Å². The van der Waals surface area contributed by atoms with Gasteiger partial charge in [-0.2, -0.15) is 0 Å². The van der Waals surface area contributed by atoms with E-state index in [1.54, 1.807) is 0 Å². The maximum atomic E-state index is 12.3. The van der Waals surface area contributed by atoms with Crippen LogP contribution < -0.4 is 10.6 Å². The summed E-state index contributed by atoms with van der Waals surface area (Å²) in [6, 6.07) is 0.407. The fourth-order valence-corrected chi connectivity index (χ4v) is 3.56. The number of piperidine rings is 1. The minimum absolute atomic E-state index is 0.229. The Kier molecular flexibility index (Phi) is 5.26. The van der Waals surface area contributed by atoms with E-state index in [0.29, 0.717) is 17.5 Å². The second-order valence-corrected chi connectivity index (χ2v) is 6.51. The third-order valence-electron chi connectivity index (χ3n) is 5.06. The molecule has 0 aromatic rings. The van der Waals surface area contributed by atoms with E-state index in [-0.39, 0.29) is 5.92 Å². The van der Waals surface area contributed by atoms with E-state index in [4.69, 9.17) is 0 Å². The van der Waals surface area contributed by atoms with Crippen LogP contribution >= 0.6 is 0 Å². The second-order valence-electron chi connectivity index (χ2n) is 6.51. The van der Waals surface area contributed by atoms with Crippen LogP contribution in [0.15, 0.2) is 0 Å². The average molecular weight is 266 g/mol. The quantitative estimate of drug-likeness (QED) is 0.776. The molecule has 1 saturated heterocycles. The van der Waals surface area contributed by atoms with E-state index in [0.717, 1.165) is 32.2 Å². The molecule has 0 radical (unpaired) electrons.